The van der Waals surface area contributed by atoms with E-state index in [4.69, 9.17) is 0 Å². The molecule has 1 fully saturated rings. The second kappa shape index (κ2) is 8.18. The molecule has 0 aliphatic carbocycles. The number of amides is 1. The number of aryl methyl sites for hydroxylation is 1. The molecule has 4 heteroatoms. The topological polar surface area (TPSA) is 41.1 Å². The molecular formula is C15H23ClN2O. The Kier molecular flexibility index (Phi) is 6.89. The molecule has 1 atom stereocenters. The number of hydrogen-bond acceptors (Lipinski definition) is 2. The van der Waals surface area contributed by atoms with Crippen molar-refractivity contribution in [3.63, 3.8) is 0 Å². The van der Waals surface area contributed by atoms with Gasteiger partial charge in [-0.15, -0.1) is 12.4 Å². The molecule has 1 amide bonds. The Morgan fingerprint density at radius 1 is 1.47 bits per heavy atom. The smallest absolute Gasteiger partial charge is 0.220 e. The van der Waals surface area contributed by atoms with Gasteiger partial charge in [0.15, 0.2) is 0 Å². The summed E-state index contributed by atoms with van der Waals surface area (Å²) in [6.45, 7) is 4.89. The van der Waals surface area contributed by atoms with Crippen LogP contribution in [0.2, 0.25) is 0 Å². The van der Waals surface area contributed by atoms with Crippen LogP contribution in [0.1, 0.15) is 30.4 Å². The van der Waals surface area contributed by atoms with Crippen LogP contribution < -0.4 is 10.6 Å². The van der Waals surface area contributed by atoms with Crippen molar-refractivity contribution in [2.45, 2.75) is 32.7 Å². The average molecular weight is 283 g/mol. The van der Waals surface area contributed by atoms with Crippen molar-refractivity contribution in [3.8, 4) is 0 Å². The lowest BCUT2D eigenvalue weighted by atomic mass is 10.0. The van der Waals surface area contributed by atoms with Crippen LogP contribution in [0.15, 0.2) is 24.3 Å². The number of halogens is 1. The minimum absolute atomic E-state index is 0. The van der Waals surface area contributed by atoms with Crippen LogP contribution in [0.4, 0.5) is 0 Å². The Morgan fingerprint density at radius 3 is 3.00 bits per heavy atom. The zero-order chi connectivity index (χ0) is 12.8. The fraction of sp³-hybridized carbons (Fsp3) is 0.533. The van der Waals surface area contributed by atoms with E-state index >= 15 is 0 Å². The quantitative estimate of drug-likeness (QED) is 0.871. The molecule has 1 aromatic rings. The summed E-state index contributed by atoms with van der Waals surface area (Å²) >= 11 is 0. The Balaban J connectivity index is 0.00000180. The first-order chi connectivity index (χ1) is 8.74. The van der Waals surface area contributed by atoms with Gasteiger partial charge >= 0.3 is 0 Å². The molecule has 1 unspecified atom stereocenters. The maximum atomic E-state index is 11.7. The van der Waals surface area contributed by atoms with E-state index in [0.29, 0.717) is 18.9 Å². The highest BCUT2D eigenvalue weighted by molar-refractivity contribution is 5.85. The summed E-state index contributed by atoms with van der Waals surface area (Å²) in [5.41, 5.74) is 2.41. The van der Waals surface area contributed by atoms with Gasteiger partial charge in [-0.05, 0) is 44.3 Å². The maximum absolute atomic E-state index is 11.7. The number of nitrogens with one attached hydrogen (secondary N) is 2. The van der Waals surface area contributed by atoms with Crippen molar-refractivity contribution in [2.24, 2.45) is 5.92 Å². The van der Waals surface area contributed by atoms with Crippen molar-refractivity contribution >= 4 is 18.3 Å². The highest BCUT2D eigenvalue weighted by Crippen LogP contribution is 2.14. The van der Waals surface area contributed by atoms with Gasteiger partial charge in [-0.25, -0.2) is 0 Å². The second-order valence-corrected chi connectivity index (χ2v) is 5.16. The molecule has 1 saturated heterocycles. The third-order valence-electron chi connectivity index (χ3n) is 3.51. The van der Waals surface area contributed by atoms with Gasteiger partial charge in [0.2, 0.25) is 5.91 Å². The van der Waals surface area contributed by atoms with Crippen LogP contribution in [0.25, 0.3) is 0 Å². The molecule has 0 bridgehead atoms. The maximum Gasteiger partial charge on any atom is 0.220 e. The van der Waals surface area contributed by atoms with Gasteiger partial charge in [-0.1, -0.05) is 29.8 Å². The van der Waals surface area contributed by atoms with Crippen LogP contribution in [0.5, 0.6) is 0 Å². The standard InChI is InChI=1S/C15H22N2O.ClH/c1-12-3-2-4-14(9-12)11-17-15(18)6-5-13-7-8-16-10-13;/h2-4,9,13,16H,5-8,10-11H2,1H3,(H,17,18);1H. The molecule has 1 aliphatic heterocycles. The predicted molar refractivity (Wildman–Crippen MR) is 80.5 cm³/mol. The Hall–Kier alpha value is -1.06. The minimum atomic E-state index is 0. The summed E-state index contributed by atoms with van der Waals surface area (Å²) < 4.78 is 0. The first-order valence-electron chi connectivity index (χ1n) is 6.77. The molecule has 19 heavy (non-hydrogen) atoms. The molecule has 2 N–H and O–H groups in total. The molecular weight excluding hydrogens is 260 g/mol. The SMILES string of the molecule is Cc1cccc(CNC(=O)CCC2CCNC2)c1.Cl. The van der Waals surface area contributed by atoms with Crippen LogP contribution >= 0.6 is 12.4 Å². The van der Waals surface area contributed by atoms with Crippen molar-refractivity contribution in [2.75, 3.05) is 13.1 Å². The average Bonchev–Trinajstić information content (AvgIpc) is 2.87. The zero-order valence-electron chi connectivity index (χ0n) is 11.4. The van der Waals surface area contributed by atoms with Crippen LogP contribution in [-0.4, -0.2) is 19.0 Å². The molecule has 106 valence electrons. The van der Waals surface area contributed by atoms with Crippen molar-refractivity contribution in [3.05, 3.63) is 35.4 Å². The van der Waals surface area contributed by atoms with Gasteiger partial charge in [0, 0.05) is 13.0 Å². The molecule has 0 radical (unpaired) electrons. The van der Waals surface area contributed by atoms with E-state index in [-0.39, 0.29) is 18.3 Å². The molecule has 3 nitrogen and oxygen atoms in total. The van der Waals surface area contributed by atoms with Crippen molar-refractivity contribution in [1.82, 2.24) is 10.6 Å². The lowest BCUT2D eigenvalue weighted by Gasteiger charge is -2.09. The van der Waals surface area contributed by atoms with Gasteiger partial charge in [0.1, 0.15) is 0 Å². The molecule has 0 aromatic heterocycles. The molecule has 2 rings (SSSR count). The van der Waals surface area contributed by atoms with E-state index in [2.05, 4.69) is 29.7 Å². The molecule has 1 aliphatic rings. The normalized spacial score (nSPS) is 17.8. The van der Waals surface area contributed by atoms with Gasteiger partial charge in [-0.2, -0.15) is 0 Å². The van der Waals surface area contributed by atoms with Gasteiger partial charge in [0.25, 0.3) is 0 Å². The summed E-state index contributed by atoms with van der Waals surface area (Å²) in [6, 6.07) is 8.26. The summed E-state index contributed by atoms with van der Waals surface area (Å²) in [5.74, 6) is 0.859. The monoisotopic (exact) mass is 282 g/mol. The van der Waals surface area contributed by atoms with E-state index in [9.17, 15) is 4.79 Å². The molecule has 1 heterocycles. The third-order valence-corrected chi connectivity index (χ3v) is 3.51. The molecule has 0 saturated carbocycles. The van der Waals surface area contributed by atoms with Crippen molar-refractivity contribution in [1.29, 1.82) is 0 Å². The second-order valence-electron chi connectivity index (χ2n) is 5.16. The van der Waals surface area contributed by atoms with Gasteiger partial charge < -0.3 is 10.6 Å². The summed E-state index contributed by atoms with van der Waals surface area (Å²) in [4.78, 5) is 11.7. The molecule has 1 aromatic carbocycles. The Bertz CT molecular complexity index is 403. The van der Waals surface area contributed by atoms with E-state index < -0.39 is 0 Å². The van der Waals surface area contributed by atoms with Gasteiger partial charge in [0.05, 0.1) is 0 Å². The summed E-state index contributed by atoms with van der Waals surface area (Å²) in [6.07, 6.45) is 2.87. The summed E-state index contributed by atoms with van der Waals surface area (Å²) in [7, 11) is 0. The predicted octanol–water partition coefficient (Wildman–Crippen LogP) is 2.42. The summed E-state index contributed by atoms with van der Waals surface area (Å²) in [5, 5.41) is 6.32. The Morgan fingerprint density at radius 2 is 2.32 bits per heavy atom. The first-order valence-corrected chi connectivity index (χ1v) is 6.77. The van der Waals surface area contributed by atoms with Crippen LogP contribution in [0.3, 0.4) is 0 Å². The third kappa shape index (κ3) is 5.62. The van der Waals surface area contributed by atoms with Gasteiger partial charge in [-0.3, -0.25) is 4.79 Å². The van der Waals surface area contributed by atoms with Crippen LogP contribution in [0, 0.1) is 12.8 Å². The number of hydrogen-bond donors (Lipinski definition) is 2. The van der Waals surface area contributed by atoms with Crippen LogP contribution in [-0.2, 0) is 11.3 Å². The number of benzene rings is 1. The fourth-order valence-electron chi connectivity index (χ4n) is 2.41. The van der Waals surface area contributed by atoms with E-state index in [1.807, 2.05) is 12.1 Å². The minimum Gasteiger partial charge on any atom is -0.352 e. The highest BCUT2D eigenvalue weighted by Gasteiger charge is 2.15. The fourth-order valence-corrected chi connectivity index (χ4v) is 2.41. The zero-order valence-corrected chi connectivity index (χ0v) is 12.3. The lowest BCUT2D eigenvalue weighted by Crippen LogP contribution is -2.23. The molecule has 0 spiro atoms. The highest BCUT2D eigenvalue weighted by atomic mass is 35.5. The lowest BCUT2D eigenvalue weighted by molar-refractivity contribution is -0.121. The largest absolute Gasteiger partial charge is 0.352 e. The van der Waals surface area contributed by atoms with E-state index in [0.717, 1.165) is 19.5 Å². The van der Waals surface area contributed by atoms with E-state index in [1.165, 1.54) is 17.5 Å². The first kappa shape index (κ1) is 16.0. The number of carbonyl (C=O) groups excluding carboxylic acids is 1. The van der Waals surface area contributed by atoms with E-state index in [1.54, 1.807) is 0 Å². The number of carbonyl (C=O) groups is 1. The number of rotatable bonds is 5. The Labute approximate surface area is 121 Å². The van der Waals surface area contributed by atoms with Crippen molar-refractivity contribution < 1.29 is 4.79 Å².